The van der Waals surface area contributed by atoms with E-state index in [2.05, 4.69) is 20.2 Å². The Bertz CT molecular complexity index is 1580. The van der Waals surface area contributed by atoms with Crippen LogP contribution in [0.1, 0.15) is 20.3 Å². The van der Waals surface area contributed by atoms with Crippen LogP contribution >= 0.6 is 0 Å². The summed E-state index contributed by atoms with van der Waals surface area (Å²) in [6.07, 6.45) is 2.13. The lowest BCUT2D eigenvalue weighted by Gasteiger charge is -2.33. The molecule has 0 aliphatic carbocycles. The summed E-state index contributed by atoms with van der Waals surface area (Å²) in [5, 5.41) is 17.1. The monoisotopic (exact) mass is 530 g/mol. The molecular weight excluding hydrogens is 500 g/mol. The molecule has 37 heavy (non-hydrogen) atoms. The second-order valence-corrected chi connectivity index (χ2v) is 10.7. The van der Waals surface area contributed by atoms with Gasteiger partial charge in [-0.3, -0.25) is 9.47 Å². The molecule has 0 bridgehead atoms. The molecule has 14 heteroatoms. The van der Waals surface area contributed by atoms with Crippen molar-refractivity contribution in [2.24, 2.45) is 0 Å². The van der Waals surface area contributed by atoms with Crippen molar-refractivity contribution >= 4 is 26.8 Å². The average molecular weight is 531 g/mol. The van der Waals surface area contributed by atoms with Gasteiger partial charge in [-0.1, -0.05) is 6.92 Å². The van der Waals surface area contributed by atoms with Gasteiger partial charge < -0.3 is 14.8 Å². The van der Waals surface area contributed by atoms with Crippen LogP contribution in [0.4, 0.5) is 0 Å². The number of fused-ring (bicyclic) bond motifs is 3. The van der Waals surface area contributed by atoms with E-state index in [1.165, 1.54) is 19.6 Å². The molecule has 1 fully saturated rings. The molecule has 13 nitrogen and oxygen atoms in total. The number of rotatable bonds is 9. The van der Waals surface area contributed by atoms with Gasteiger partial charge in [-0.15, -0.1) is 10.2 Å². The van der Waals surface area contributed by atoms with Crippen LogP contribution in [-0.4, -0.2) is 97.8 Å². The number of nitrogens with one attached hydrogen (secondary N) is 1. The van der Waals surface area contributed by atoms with Gasteiger partial charge in [0.1, 0.15) is 23.4 Å². The summed E-state index contributed by atoms with van der Waals surface area (Å²) < 4.78 is 37.3. The fourth-order valence-corrected chi connectivity index (χ4v) is 6.02. The van der Waals surface area contributed by atoms with E-state index in [1.807, 2.05) is 18.7 Å². The molecule has 2 N–H and O–H groups in total. The van der Waals surface area contributed by atoms with E-state index < -0.39 is 10.0 Å². The van der Waals surface area contributed by atoms with Crippen molar-refractivity contribution in [2.45, 2.75) is 31.7 Å². The molecule has 1 aliphatic rings. The number of H-pyrrole nitrogens is 1. The third-order valence-corrected chi connectivity index (χ3v) is 8.41. The van der Waals surface area contributed by atoms with Gasteiger partial charge >= 0.3 is 5.69 Å². The summed E-state index contributed by atoms with van der Waals surface area (Å²) in [6.45, 7) is 6.99. The fraction of sp³-hybridized carbons (Fsp3) is 0.478. The number of hydrogen-bond donors (Lipinski definition) is 2. The molecule has 0 amide bonds. The number of nitrogens with zero attached hydrogens (tertiary/aromatic N) is 7. The number of hydrogen-bond acceptors (Lipinski definition) is 9. The molecule has 0 atom stereocenters. The van der Waals surface area contributed by atoms with Crippen molar-refractivity contribution in [3.05, 3.63) is 35.0 Å². The van der Waals surface area contributed by atoms with Crippen molar-refractivity contribution in [3.8, 4) is 17.1 Å². The minimum Gasteiger partial charge on any atom is -0.493 e. The zero-order chi connectivity index (χ0) is 26.2. The average Bonchev–Trinajstić information content (AvgIpc) is 3.56. The molecular formula is C23H30N8O5S. The van der Waals surface area contributed by atoms with E-state index in [-0.39, 0.29) is 17.2 Å². The maximum absolute atomic E-state index is 13.5. The summed E-state index contributed by atoms with van der Waals surface area (Å²) in [5.74, 6) is 0.846. The van der Waals surface area contributed by atoms with E-state index in [0.29, 0.717) is 79.8 Å². The fourth-order valence-electron chi connectivity index (χ4n) is 4.57. The van der Waals surface area contributed by atoms with Crippen LogP contribution in [0.15, 0.2) is 34.2 Å². The van der Waals surface area contributed by atoms with Crippen molar-refractivity contribution in [3.63, 3.8) is 0 Å². The number of aliphatic hydroxyl groups excluding tert-OH is 1. The van der Waals surface area contributed by atoms with Gasteiger partial charge in [0.05, 0.1) is 23.7 Å². The van der Waals surface area contributed by atoms with E-state index in [4.69, 9.17) is 4.74 Å². The standard InChI is InChI=1S/C23H30N8O5S/c1-3-13-36-18-6-5-16(37(34,35)29-9-7-28(8-10-29)11-12-32)14-17(18)20-25-19-21(26-20)30(4-2)23(33)31-15-24-27-22(19)31/h5-6,14-15,32H,3-4,7-13H2,1-2H3,(H,25,26). The highest BCUT2D eigenvalue weighted by Crippen LogP contribution is 2.33. The molecule has 4 aromatic rings. The van der Waals surface area contributed by atoms with Gasteiger partial charge in [0, 0.05) is 39.3 Å². The SMILES string of the molecule is CCCOc1ccc(S(=O)(=O)N2CCN(CCO)CC2)cc1-c1nc2c([nH]1)c1nncn1c(=O)n2CC. The Kier molecular flexibility index (Phi) is 6.98. The van der Waals surface area contributed by atoms with Gasteiger partial charge in [0.25, 0.3) is 0 Å². The molecule has 0 unspecified atom stereocenters. The Morgan fingerprint density at radius 1 is 1.14 bits per heavy atom. The normalized spacial score (nSPS) is 15.6. The zero-order valence-corrected chi connectivity index (χ0v) is 21.6. The van der Waals surface area contributed by atoms with Crippen LogP contribution < -0.4 is 10.4 Å². The molecule has 4 heterocycles. The van der Waals surface area contributed by atoms with Gasteiger partial charge in [0.15, 0.2) is 11.3 Å². The van der Waals surface area contributed by atoms with Crippen molar-refractivity contribution < 1.29 is 18.3 Å². The van der Waals surface area contributed by atoms with Crippen LogP contribution in [0.2, 0.25) is 0 Å². The molecule has 0 saturated carbocycles. The van der Waals surface area contributed by atoms with Crippen LogP contribution in [-0.2, 0) is 16.6 Å². The van der Waals surface area contributed by atoms with Crippen molar-refractivity contribution in [1.29, 1.82) is 0 Å². The van der Waals surface area contributed by atoms with Crippen molar-refractivity contribution in [1.82, 2.24) is 38.3 Å². The lowest BCUT2D eigenvalue weighted by Crippen LogP contribution is -2.49. The number of benzene rings is 1. The molecule has 0 spiro atoms. The molecule has 1 aliphatic heterocycles. The number of aliphatic hydroxyl groups is 1. The number of imidazole rings is 1. The first-order chi connectivity index (χ1) is 17.9. The summed E-state index contributed by atoms with van der Waals surface area (Å²) >= 11 is 0. The Balaban J connectivity index is 1.60. The van der Waals surface area contributed by atoms with Crippen LogP contribution in [0, 0.1) is 0 Å². The van der Waals surface area contributed by atoms with Gasteiger partial charge in [-0.25, -0.2) is 22.6 Å². The number of aryl methyl sites for hydroxylation is 1. The molecule has 1 saturated heterocycles. The lowest BCUT2D eigenvalue weighted by molar-refractivity contribution is 0.151. The summed E-state index contributed by atoms with van der Waals surface area (Å²) in [4.78, 5) is 23.0. The minimum absolute atomic E-state index is 0.0415. The molecule has 198 valence electrons. The van der Waals surface area contributed by atoms with E-state index in [1.54, 1.807) is 18.2 Å². The number of aromatic amines is 1. The minimum atomic E-state index is -3.78. The number of aromatic nitrogens is 6. The van der Waals surface area contributed by atoms with Gasteiger partial charge in [-0.2, -0.15) is 4.31 Å². The topological polar surface area (TPSA) is 151 Å². The van der Waals surface area contributed by atoms with E-state index >= 15 is 0 Å². The maximum atomic E-state index is 13.5. The van der Waals surface area contributed by atoms with E-state index in [9.17, 15) is 18.3 Å². The Hall–Kier alpha value is -3.33. The molecule has 0 radical (unpaired) electrons. The highest BCUT2D eigenvalue weighted by Gasteiger charge is 2.29. The number of piperazine rings is 1. The molecule has 3 aromatic heterocycles. The predicted molar refractivity (Wildman–Crippen MR) is 136 cm³/mol. The largest absolute Gasteiger partial charge is 0.493 e. The van der Waals surface area contributed by atoms with Crippen molar-refractivity contribution in [2.75, 3.05) is 45.9 Å². The summed E-state index contributed by atoms with van der Waals surface area (Å²) in [7, 11) is -3.78. The molecule has 5 rings (SSSR count). The third kappa shape index (κ3) is 4.50. The quantitative estimate of drug-likeness (QED) is 0.316. The lowest BCUT2D eigenvalue weighted by atomic mass is 10.2. The van der Waals surface area contributed by atoms with Gasteiger partial charge in [0.2, 0.25) is 10.0 Å². The van der Waals surface area contributed by atoms with Gasteiger partial charge in [-0.05, 0) is 31.5 Å². The summed E-state index contributed by atoms with van der Waals surface area (Å²) in [6, 6.07) is 4.76. The summed E-state index contributed by atoms with van der Waals surface area (Å²) in [5.41, 5.74) is 1.41. The van der Waals surface area contributed by atoms with E-state index in [0.717, 1.165) is 6.42 Å². The zero-order valence-electron chi connectivity index (χ0n) is 20.8. The second kappa shape index (κ2) is 10.2. The molecule has 1 aromatic carbocycles. The van der Waals surface area contributed by atoms with Crippen LogP contribution in [0.5, 0.6) is 5.75 Å². The van der Waals surface area contributed by atoms with Crippen LogP contribution in [0.25, 0.3) is 28.2 Å². The first-order valence-corrected chi connectivity index (χ1v) is 13.8. The number of sulfonamides is 1. The highest BCUT2D eigenvalue weighted by molar-refractivity contribution is 7.89. The first-order valence-electron chi connectivity index (χ1n) is 12.3. The number of ether oxygens (including phenoxy) is 1. The predicted octanol–water partition coefficient (Wildman–Crippen LogP) is 0.542. The Morgan fingerprint density at radius 3 is 2.62 bits per heavy atom. The second-order valence-electron chi connectivity index (χ2n) is 8.81. The highest BCUT2D eigenvalue weighted by atomic mass is 32.2. The van der Waals surface area contributed by atoms with Crippen LogP contribution in [0.3, 0.4) is 0 Å². The first kappa shape index (κ1) is 25.3. The Morgan fingerprint density at radius 2 is 1.92 bits per heavy atom. The number of β-amino-alcohol motifs (C(OH)–C–C–N with tert-alkyl or cyclic N) is 1. The smallest absolute Gasteiger partial charge is 0.336 e. The maximum Gasteiger partial charge on any atom is 0.336 e. The Labute approximate surface area is 213 Å². The third-order valence-electron chi connectivity index (χ3n) is 6.52.